The molecule has 6 nitrogen and oxygen atoms in total. The molecule has 180 valence electrons. The van der Waals surface area contributed by atoms with E-state index in [9.17, 15) is 18.4 Å². The Kier molecular flexibility index (Phi) is 8.76. The van der Waals surface area contributed by atoms with Crippen LogP contribution in [-0.2, 0) is 20.7 Å². The summed E-state index contributed by atoms with van der Waals surface area (Å²) in [6.07, 6.45) is 2.55. The van der Waals surface area contributed by atoms with E-state index in [1.165, 1.54) is 24.4 Å². The first kappa shape index (κ1) is 25.4. The number of halogens is 2. The van der Waals surface area contributed by atoms with Crippen molar-refractivity contribution in [2.75, 3.05) is 11.9 Å². The first-order valence-electron chi connectivity index (χ1n) is 11.4. The molecule has 0 radical (unpaired) electrons. The molecule has 0 aromatic heterocycles. The molecular weight excluding hydrogens is 440 g/mol. The molecule has 2 N–H and O–H groups in total. The highest BCUT2D eigenvalue weighted by Gasteiger charge is 2.25. The van der Waals surface area contributed by atoms with Crippen molar-refractivity contribution < 1.29 is 23.1 Å². The van der Waals surface area contributed by atoms with Gasteiger partial charge in [0.2, 0.25) is 5.91 Å². The van der Waals surface area contributed by atoms with Gasteiger partial charge in [-0.2, -0.15) is 0 Å². The Bertz CT molecular complexity index is 1100. The predicted molar refractivity (Wildman–Crippen MR) is 127 cm³/mol. The lowest BCUT2D eigenvalue weighted by molar-refractivity contribution is -0.120. The standard InChI is InChI=1S/C26H29F2N3O3/c1-3-34-23(20-8-4-5-9-21(20)28)15-30-25(29)22(32)10-6-7-17-11-12-18-14-19(27)13-16(2)24(18)31-26(17)33/h4-5,8-9,13-15,17,23,29H,3,6-7,10-12H2,1-2H3,(H,31,33)/b29-25?,30-15+/t17-,23+/m0/s1. The summed E-state index contributed by atoms with van der Waals surface area (Å²) in [7, 11) is 0. The van der Waals surface area contributed by atoms with Gasteiger partial charge in [0.05, 0.1) is 0 Å². The number of nitrogens with zero attached hydrogens (tertiary/aromatic N) is 1. The number of hydrogen-bond acceptors (Lipinski definition) is 4. The predicted octanol–water partition coefficient (Wildman–Crippen LogP) is 5.34. The summed E-state index contributed by atoms with van der Waals surface area (Å²) in [5, 5.41) is 10.8. The number of aliphatic imine (C=N–C) groups is 1. The molecule has 0 unspecified atom stereocenters. The fourth-order valence-corrected chi connectivity index (χ4v) is 4.09. The number of nitrogens with one attached hydrogen (secondary N) is 2. The van der Waals surface area contributed by atoms with E-state index in [0.29, 0.717) is 43.5 Å². The highest BCUT2D eigenvalue weighted by atomic mass is 19.1. The second-order valence-corrected chi connectivity index (χ2v) is 8.32. The minimum atomic E-state index is -0.802. The van der Waals surface area contributed by atoms with Crippen molar-refractivity contribution in [2.24, 2.45) is 10.9 Å². The van der Waals surface area contributed by atoms with E-state index in [4.69, 9.17) is 10.1 Å². The molecule has 0 fully saturated rings. The number of rotatable bonds is 9. The van der Waals surface area contributed by atoms with Crippen LogP contribution in [0.1, 0.15) is 55.4 Å². The Morgan fingerprint density at radius 1 is 1.32 bits per heavy atom. The van der Waals surface area contributed by atoms with Crippen molar-refractivity contribution >= 4 is 29.4 Å². The van der Waals surface area contributed by atoms with Gasteiger partial charge in [-0.3, -0.25) is 15.0 Å². The van der Waals surface area contributed by atoms with Gasteiger partial charge in [-0.1, -0.05) is 18.2 Å². The Morgan fingerprint density at radius 2 is 2.09 bits per heavy atom. The highest BCUT2D eigenvalue weighted by Crippen LogP contribution is 2.30. The fourth-order valence-electron chi connectivity index (χ4n) is 4.09. The number of amides is 1. The van der Waals surface area contributed by atoms with E-state index in [1.807, 2.05) is 0 Å². The third kappa shape index (κ3) is 6.41. The lowest BCUT2D eigenvalue weighted by Crippen LogP contribution is -2.22. The number of carbonyl (C=O) groups excluding carboxylic acids is 2. The summed E-state index contributed by atoms with van der Waals surface area (Å²) in [6.45, 7) is 3.83. The molecule has 8 heteroatoms. The zero-order valence-electron chi connectivity index (χ0n) is 19.4. The van der Waals surface area contributed by atoms with Crippen LogP contribution in [0.4, 0.5) is 14.5 Å². The minimum Gasteiger partial charge on any atom is -0.368 e. The number of fused-ring (bicyclic) bond motifs is 1. The molecule has 0 saturated heterocycles. The van der Waals surface area contributed by atoms with Gasteiger partial charge in [0, 0.05) is 36.4 Å². The van der Waals surface area contributed by atoms with Gasteiger partial charge >= 0.3 is 0 Å². The average molecular weight is 470 g/mol. The van der Waals surface area contributed by atoms with E-state index in [2.05, 4.69) is 10.3 Å². The summed E-state index contributed by atoms with van der Waals surface area (Å²) in [6, 6.07) is 8.97. The summed E-state index contributed by atoms with van der Waals surface area (Å²) < 4.78 is 33.3. The highest BCUT2D eigenvalue weighted by molar-refractivity contribution is 6.38. The lowest BCUT2D eigenvalue weighted by Gasteiger charge is -2.14. The maximum Gasteiger partial charge on any atom is 0.227 e. The largest absolute Gasteiger partial charge is 0.368 e. The van der Waals surface area contributed by atoms with Crippen LogP contribution in [0.15, 0.2) is 41.4 Å². The summed E-state index contributed by atoms with van der Waals surface area (Å²) in [4.78, 5) is 28.9. The van der Waals surface area contributed by atoms with Gasteiger partial charge in [-0.05, 0) is 68.9 Å². The third-order valence-corrected chi connectivity index (χ3v) is 5.88. The number of hydrogen-bond donors (Lipinski definition) is 2. The zero-order valence-corrected chi connectivity index (χ0v) is 19.4. The molecule has 1 heterocycles. The van der Waals surface area contributed by atoms with Crippen LogP contribution in [0.3, 0.4) is 0 Å². The maximum atomic E-state index is 14.1. The maximum absolute atomic E-state index is 14.1. The SMILES string of the molecule is CCO[C@H](/C=N/C(=N)C(=O)CCC[C@H]1CCc2cc(F)cc(C)c2NC1=O)c1ccccc1F. The zero-order chi connectivity index (χ0) is 24.7. The molecule has 34 heavy (non-hydrogen) atoms. The van der Waals surface area contributed by atoms with E-state index in [0.717, 1.165) is 5.56 Å². The topological polar surface area (TPSA) is 91.6 Å². The molecule has 1 amide bonds. The molecule has 1 aliphatic rings. The number of carbonyl (C=O) groups is 2. The van der Waals surface area contributed by atoms with E-state index in [-0.39, 0.29) is 29.6 Å². The normalized spacial score (nSPS) is 16.6. The van der Waals surface area contributed by atoms with Crippen molar-refractivity contribution in [1.82, 2.24) is 0 Å². The van der Waals surface area contributed by atoms with Gasteiger partial charge in [0.25, 0.3) is 0 Å². The molecule has 0 saturated carbocycles. The van der Waals surface area contributed by atoms with Crippen LogP contribution in [-0.4, -0.2) is 30.3 Å². The van der Waals surface area contributed by atoms with Crippen LogP contribution in [0.2, 0.25) is 0 Å². The number of benzene rings is 2. The summed E-state index contributed by atoms with van der Waals surface area (Å²) in [5.74, 6) is -2.12. The molecular formula is C26H29F2N3O3. The molecule has 0 spiro atoms. The number of Topliss-reactive ketones (excluding diaryl/α,β-unsaturated/α-hetero) is 1. The first-order valence-corrected chi connectivity index (χ1v) is 11.4. The Morgan fingerprint density at radius 3 is 2.82 bits per heavy atom. The molecule has 2 aromatic carbocycles. The van der Waals surface area contributed by atoms with Crippen molar-refractivity contribution in [3.05, 3.63) is 64.7 Å². The van der Waals surface area contributed by atoms with Gasteiger partial charge in [-0.25, -0.2) is 13.8 Å². The molecule has 2 aromatic rings. The second-order valence-electron chi connectivity index (χ2n) is 8.32. The molecule has 1 aliphatic heterocycles. The fraction of sp³-hybridized carbons (Fsp3) is 0.385. The van der Waals surface area contributed by atoms with E-state index >= 15 is 0 Å². The lowest BCUT2D eigenvalue weighted by atomic mass is 9.94. The number of aryl methyl sites for hydroxylation is 2. The second kappa shape index (κ2) is 11.7. The van der Waals surface area contributed by atoms with Crippen LogP contribution in [0.25, 0.3) is 0 Å². The summed E-state index contributed by atoms with van der Waals surface area (Å²) >= 11 is 0. The van der Waals surface area contributed by atoms with Crippen LogP contribution >= 0.6 is 0 Å². The smallest absolute Gasteiger partial charge is 0.227 e. The van der Waals surface area contributed by atoms with Gasteiger partial charge in [0.15, 0.2) is 11.6 Å². The van der Waals surface area contributed by atoms with Crippen LogP contribution < -0.4 is 5.32 Å². The summed E-state index contributed by atoms with van der Waals surface area (Å²) in [5.41, 5.74) is 2.41. The molecule has 2 atom stereocenters. The third-order valence-electron chi connectivity index (χ3n) is 5.88. The average Bonchev–Trinajstić information content (AvgIpc) is 2.96. The first-order chi connectivity index (χ1) is 16.3. The van der Waals surface area contributed by atoms with Crippen molar-refractivity contribution in [2.45, 2.75) is 52.1 Å². The van der Waals surface area contributed by atoms with E-state index < -0.39 is 23.5 Å². The van der Waals surface area contributed by atoms with Crippen LogP contribution in [0, 0.1) is 29.9 Å². The van der Waals surface area contributed by atoms with Gasteiger partial charge in [0.1, 0.15) is 17.7 Å². The van der Waals surface area contributed by atoms with E-state index in [1.54, 1.807) is 32.0 Å². The number of anilines is 1. The molecule has 3 rings (SSSR count). The Hall–Kier alpha value is -3.26. The number of ketones is 1. The van der Waals surface area contributed by atoms with Gasteiger partial charge < -0.3 is 10.1 Å². The number of amidine groups is 1. The van der Waals surface area contributed by atoms with Crippen LogP contribution in [0.5, 0.6) is 0 Å². The quantitative estimate of drug-likeness (QED) is 0.384. The minimum absolute atomic E-state index is 0.0690. The van der Waals surface area contributed by atoms with Crippen molar-refractivity contribution in [3.8, 4) is 0 Å². The Labute approximate surface area is 197 Å². The van der Waals surface area contributed by atoms with Crippen molar-refractivity contribution in [3.63, 3.8) is 0 Å². The number of ether oxygens (including phenoxy) is 1. The van der Waals surface area contributed by atoms with Crippen molar-refractivity contribution in [1.29, 1.82) is 5.41 Å². The molecule has 0 aliphatic carbocycles. The monoisotopic (exact) mass is 469 g/mol. The van der Waals surface area contributed by atoms with Gasteiger partial charge in [-0.15, -0.1) is 0 Å². The molecule has 0 bridgehead atoms. The Balaban J connectivity index is 1.53.